The first-order valence-electron chi connectivity index (χ1n) is 6.10. The highest BCUT2D eigenvalue weighted by Crippen LogP contribution is 2.26. The molecule has 3 N–H and O–H groups in total. The van der Waals surface area contributed by atoms with Gasteiger partial charge in [0, 0.05) is 25.5 Å². The van der Waals surface area contributed by atoms with Crippen LogP contribution in [0.4, 0.5) is 0 Å². The molecule has 0 saturated heterocycles. The molecule has 0 saturated carbocycles. The van der Waals surface area contributed by atoms with Gasteiger partial charge in [-0.3, -0.25) is 4.79 Å². The normalized spacial score (nSPS) is 11.2. The molecule has 0 aliphatic rings. The lowest BCUT2D eigenvalue weighted by atomic mass is 9.81. The van der Waals surface area contributed by atoms with Crippen molar-refractivity contribution in [3.63, 3.8) is 0 Å². The van der Waals surface area contributed by atoms with Crippen molar-refractivity contribution in [2.24, 2.45) is 11.1 Å². The topological polar surface area (TPSA) is 72.9 Å². The van der Waals surface area contributed by atoms with Crippen molar-refractivity contribution in [2.75, 3.05) is 6.54 Å². The van der Waals surface area contributed by atoms with Crippen molar-refractivity contribution in [3.05, 3.63) is 18.7 Å². The third-order valence-electron chi connectivity index (χ3n) is 3.33. The maximum Gasteiger partial charge on any atom is 0.233 e. The Bertz CT molecular complexity index is 398. The highest BCUT2D eigenvalue weighted by molar-refractivity contribution is 7.80. The van der Waals surface area contributed by atoms with Crippen molar-refractivity contribution < 1.29 is 4.79 Å². The van der Waals surface area contributed by atoms with Crippen LogP contribution < -0.4 is 11.1 Å². The molecule has 1 aromatic heterocycles. The molecule has 0 radical (unpaired) electrons. The number of imidazole rings is 1. The van der Waals surface area contributed by atoms with E-state index in [4.69, 9.17) is 18.0 Å². The van der Waals surface area contributed by atoms with Gasteiger partial charge >= 0.3 is 0 Å². The third-order valence-corrected chi connectivity index (χ3v) is 3.72. The molecular weight excluding hydrogens is 248 g/mol. The van der Waals surface area contributed by atoms with E-state index in [2.05, 4.69) is 10.3 Å². The van der Waals surface area contributed by atoms with Crippen LogP contribution in [0, 0.1) is 5.41 Å². The molecule has 0 spiro atoms. The molecule has 0 aromatic carbocycles. The number of thiocarbonyl (C=S) groups is 1. The predicted molar refractivity (Wildman–Crippen MR) is 75.0 cm³/mol. The summed E-state index contributed by atoms with van der Waals surface area (Å²) in [6.07, 6.45) is 6.52. The van der Waals surface area contributed by atoms with E-state index in [0.717, 1.165) is 0 Å². The number of amides is 1. The smallest absolute Gasteiger partial charge is 0.233 e. The summed E-state index contributed by atoms with van der Waals surface area (Å²) in [5.74, 6) is -0.0832. The molecule has 18 heavy (non-hydrogen) atoms. The number of nitrogens with one attached hydrogen (secondary N) is 1. The van der Waals surface area contributed by atoms with Gasteiger partial charge in [-0.2, -0.15) is 0 Å². The second-order valence-electron chi connectivity index (χ2n) is 4.21. The minimum atomic E-state index is -0.718. The van der Waals surface area contributed by atoms with E-state index >= 15 is 0 Å². The van der Waals surface area contributed by atoms with Crippen LogP contribution in [-0.4, -0.2) is 27.0 Å². The largest absolute Gasteiger partial charge is 0.392 e. The van der Waals surface area contributed by atoms with Crippen LogP contribution in [0.15, 0.2) is 18.7 Å². The second-order valence-corrected chi connectivity index (χ2v) is 4.65. The quantitative estimate of drug-likeness (QED) is 0.726. The Morgan fingerprint density at radius 2 is 2.17 bits per heavy atom. The molecule has 5 nitrogen and oxygen atoms in total. The molecule has 0 aliphatic carbocycles. The van der Waals surface area contributed by atoms with Gasteiger partial charge in [0.25, 0.3) is 0 Å². The van der Waals surface area contributed by atoms with Gasteiger partial charge in [-0.1, -0.05) is 26.1 Å². The maximum absolute atomic E-state index is 12.2. The van der Waals surface area contributed by atoms with Crippen LogP contribution in [0.2, 0.25) is 0 Å². The summed E-state index contributed by atoms with van der Waals surface area (Å²) in [5, 5.41) is 2.89. The number of carbonyl (C=O) groups excluding carboxylic acids is 1. The molecule has 100 valence electrons. The lowest BCUT2D eigenvalue weighted by molar-refractivity contribution is -0.127. The fraction of sp³-hybridized carbons (Fsp3) is 0.583. The zero-order valence-electron chi connectivity index (χ0n) is 10.8. The van der Waals surface area contributed by atoms with E-state index < -0.39 is 5.41 Å². The van der Waals surface area contributed by atoms with E-state index in [1.165, 1.54) is 0 Å². The summed E-state index contributed by atoms with van der Waals surface area (Å²) in [6.45, 7) is 5.09. The van der Waals surface area contributed by atoms with E-state index in [1.54, 1.807) is 12.5 Å². The lowest BCUT2D eigenvalue weighted by Gasteiger charge is -2.28. The van der Waals surface area contributed by atoms with Crippen molar-refractivity contribution >= 4 is 23.1 Å². The number of hydrogen-bond donors (Lipinski definition) is 2. The summed E-state index contributed by atoms with van der Waals surface area (Å²) in [5.41, 5.74) is 5.00. The number of nitrogens with zero attached hydrogens (tertiary/aromatic N) is 2. The summed E-state index contributed by atoms with van der Waals surface area (Å²) >= 11 is 5.04. The minimum absolute atomic E-state index is 0.0832. The third kappa shape index (κ3) is 3.07. The Labute approximate surface area is 113 Å². The van der Waals surface area contributed by atoms with Crippen molar-refractivity contribution in [1.82, 2.24) is 14.9 Å². The maximum atomic E-state index is 12.2. The summed E-state index contributed by atoms with van der Waals surface area (Å²) in [6, 6.07) is 0. The number of carbonyl (C=O) groups is 1. The van der Waals surface area contributed by atoms with Crippen LogP contribution in [0.5, 0.6) is 0 Å². The number of nitrogens with two attached hydrogens (primary N) is 1. The number of hydrogen-bond acceptors (Lipinski definition) is 3. The summed E-state index contributed by atoms with van der Waals surface area (Å²) in [4.78, 5) is 16.4. The molecule has 0 bridgehead atoms. The van der Waals surface area contributed by atoms with Crippen LogP contribution in [-0.2, 0) is 11.3 Å². The van der Waals surface area contributed by atoms with Gasteiger partial charge in [0.05, 0.1) is 16.7 Å². The van der Waals surface area contributed by atoms with Crippen LogP contribution >= 0.6 is 12.2 Å². The second kappa shape index (κ2) is 6.49. The molecule has 0 atom stereocenters. The van der Waals surface area contributed by atoms with Gasteiger partial charge in [-0.15, -0.1) is 0 Å². The van der Waals surface area contributed by atoms with Gasteiger partial charge in [0.15, 0.2) is 0 Å². The first kappa shape index (κ1) is 14.6. The van der Waals surface area contributed by atoms with E-state index in [9.17, 15) is 4.79 Å². The number of aromatic nitrogens is 2. The first-order chi connectivity index (χ1) is 8.56. The monoisotopic (exact) mass is 268 g/mol. The van der Waals surface area contributed by atoms with Crippen LogP contribution in [0.1, 0.15) is 26.7 Å². The van der Waals surface area contributed by atoms with E-state index in [-0.39, 0.29) is 10.9 Å². The Morgan fingerprint density at radius 1 is 1.50 bits per heavy atom. The molecule has 1 heterocycles. The molecule has 0 aliphatic heterocycles. The highest BCUT2D eigenvalue weighted by Gasteiger charge is 2.37. The van der Waals surface area contributed by atoms with Gasteiger partial charge in [0.1, 0.15) is 0 Å². The Balaban J connectivity index is 2.55. The van der Waals surface area contributed by atoms with Crippen molar-refractivity contribution in [2.45, 2.75) is 33.2 Å². The molecule has 0 fully saturated rings. The average Bonchev–Trinajstić information content (AvgIpc) is 2.84. The standard InChI is InChI=1S/C12H20N4OS/c1-3-12(4-2,10(13)18)11(17)15-6-8-16-7-5-14-9-16/h5,7,9H,3-4,6,8H2,1-2H3,(H2,13,18)(H,15,17). The summed E-state index contributed by atoms with van der Waals surface area (Å²) in [7, 11) is 0. The van der Waals surface area contributed by atoms with Crippen molar-refractivity contribution in [3.8, 4) is 0 Å². The fourth-order valence-electron chi connectivity index (χ4n) is 1.92. The molecule has 0 unspecified atom stereocenters. The first-order valence-corrected chi connectivity index (χ1v) is 6.51. The highest BCUT2D eigenvalue weighted by atomic mass is 32.1. The molecule has 1 aromatic rings. The van der Waals surface area contributed by atoms with Gasteiger partial charge < -0.3 is 15.6 Å². The Hall–Kier alpha value is -1.43. The van der Waals surface area contributed by atoms with Crippen LogP contribution in [0.25, 0.3) is 0 Å². The van der Waals surface area contributed by atoms with Gasteiger partial charge in [-0.05, 0) is 12.8 Å². The van der Waals surface area contributed by atoms with Gasteiger partial charge in [-0.25, -0.2) is 4.98 Å². The molecule has 1 rings (SSSR count). The lowest BCUT2D eigenvalue weighted by Crippen LogP contribution is -2.48. The van der Waals surface area contributed by atoms with Crippen molar-refractivity contribution in [1.29, 1.82) is 0 Å². The molecule has 1 amide bonds. The van der Waals surface area contributed by atoms with Crippen LogP contribution in [0.3, 0.4) is 0 Å². The Kier molecular flexibility index (Phi) is 5.27. The predicted octanol–water partition coefficient (Wildman–Crippen LogP) is 1.09. The zero-order valence-corrected chi connectivity index (χ0v) is 11.7. The summed E-state index contributed by atoms with van der Waals surface area (Å²) < 4.78 is 1.90. The molecule has 6 heteroatoms. The van der Waals surface area contributed by atoms with E-state index in [0.29, 0.717) is 25.9 Å². The van der Waals surface area contributed by atoms with Gasteiger partial charge in [0.2, 0.25) is 5.91 Å². The van der Waals surface area contributed by atoms with E-state index in [1.807, 2.05) is 24.6 Å². The zero-order chi connectivity index (χ0) is 13.6. The number of rotatable bonds is 7. The Morgan fingerprint density at radius 3 is 2.61 bits per heavy atom. The minimum Gasteiger partial charge on any atom is -0.392 e. The average molecular weight is 268 g/mol. The molecular formula is C12H20N4OS. The fourth-order valence-corrected chi connectivity index (χ4v) is 2.30. The SMILES string of the molecule is CCC(CC)(C(=O)NCCn1ccnc1)C(N)=S.